The van der Waals surface area contributed by atoms with Gasteiger partial charge in [0.25, 0.3) is 0 Å². The standard InChI is InChI=1S/C11H17N3O2/c1-4-5-8(2)14-10-7-12-9(6-13-10)11(15)16-3/h6-8H,4-5H2,1-3H3,(H,13,14). The highest BCUT2D eigenvalue weighted by Crippen LogP contribution is 2.06. The van der Waals surface area contributed by atoms with E-state index in [9.17, 15) is 4.79 Å². The molecule has 1 heterocycles. The third kappa shape index (κ3) is 3.49. The first-order valence-electron chi connectivity index (χ1n) is 5.34. The van der Waals surface area contributed by atoms with E-state index in [4.69, 9.17) is 0 Å². The van der Waals surface area contributed by atoms with Gasteiger partial charge in [0, 0.05) is 6.04 Å². The van der Waals surface area contributed by atoms with Gasteiger partial charge in [0.05, 0.1) is 19.5 Å². The lowest BCUT2D eigenvalue weighted by Crippen LogP contribution is -2.16. The molecule has 1 rings (SSSR count). The molecule has 0 bridgehead atoms. The summed E-state index contributed by atoms with van der Waals surface area (Å²) in [4.78, 5) is 19.2. The molecule has 88 valence electrons. The van der Waals surface area contributed by atoms with Gasteiger partial charge in [-0.25, -0.2) is 14.8 Å². The van der Waals surface area contributed by atoms with Crippen LogP contribution < -0.4 is 5.32 Å². The number of carbonyl (C=O) groups is 1. The van der Waals surface area contributed by atoms with Crippen LogP contribution in [0.1, 0.15) is 37.2 Å². The first-order chi connectivity index (χ1) is 7.67. The number of esters is 1. The SMILES string of the molecule is CCCC(C)Nc1cnc(C(=O)OC)cn1. The summed E-state index contributed by atoms with van der Waals surface area (Å²) in [7, 11) is 1.32. The average Bonchev–Trinajstić information content (AvgIpc) is 2.29. The van der Waals surface area contributed by atoms with E-state index in [-0.39, 0.29) is 5.69 Å². The van der Waals surface area contributed by atoms with Crippen molar-refractivity contribution < 1.29 is 9.53 Å². The summed E-state index contributed by atoms with van der Waals surface area (Å²) in [5.74, 6) is 0.203. The van der Waals surface area contributed by atoms with Gasteiger partial charge in [0.2, 0.25) is 0 Å². The molecule has 1 atom stereocenters. The molecule has 0 spiro atoms. The van der Waals surface area contributed by atoms with Crippen molar-refractivity contribution >= 4 is 11.8 Å². The minimum Gasteiger partial charge on any atom is -0.464 e. The molecule has 0 amide bonds. The van der Waals surface area contributed by atoms with E-state index < -0.39 is 5.97 Å². The van der Waals surface area contributed by atoms with Gasteiger partial charge in [-0.1, -0.05) is 13.3 Å². The summed E-state index contributed by atoms with van der Waals surface area (Å²) in [5, 5.41) is 3.20. The molecule has 1 aromatic heterocycles. The van der Waals surface area contributed by atoms with Gasteiger partial charge in [-0.2, -0.15) is 0 Å². The Labute approximate surface area is 95.3 Å². The first kappa shape index (κ1) is 12.4. The van der Waals surface area contributed by atoms with E-state index in [0.717, 1.165) is 12.8 Å². The van der Waals surface area contributed by atoms with Gasteiger partial charge in [-0.15, -0.1) is 0 Å². The molecule has 0 aliphatic carbocycles. The lowest BCUT2D eigenvalue weighted by molar-refractivity contribution is 0.0593. The fraction of sp³-hybridized carbons (Fsp3) is 0.545. The number of rotatable bonds is 5. The van der Waals surface area contributed by atoms with Crippen LogP contribution in [0.4, 0.5) is 5.82 Å². The van der Waals surface area contributed by atoms with Crippen LogP contribution in [-0.2, 0) is 4.74 Å². The van der Waals surface area contributed by atoms with Crippen LogP contribution in [0.2, 0.25) is 0 Å². The fourth-order valence-corrected chi connectivity index (χ4v) is 1.37. The third-order valence-electron chi connectivity index (χ3n) is 2.16. The van der Waals surface area contributed by atoms with Gasteiger partial charge in [-0.05, 0) is 13.3 Å². The van der Waals surface area contributed by atoms with Gasteiger partial charge >= 0.3 is 5.97 Å². The molecule has 0 aromatic carbocycles. The fourth-order valence-electron chi connectivity index (χ4n) is 1.37. The van der Waals surface area contributed by atoms with Crippen LogP contribution in [-0.4, -0.2) is 29.1 Å². The normalized spacial score (nSPS) is 11.9. The molecule has 5 heteroatoms. The zero-order chi connectivity index (χ0) is 12.0. The molecule has 16 heavy (non-hydrogen) atoms. The van der Waals surface area contributed by atoms with Crippen LogP contribution in [0, 0.1) is 0 Å². The predicted molar refractivity (Wildman–Crippen MR) is 61.4 cm³/mol. The zero-order valence-corrected chi connectivity index (χ0v) is 9.86. The van der Waals surface area contributed by atoms with Gasteiger partial charge in [0.15, 0.2) is 5.69 Å². The Morgan fingerprint density at radius 2 is 2.25 bits per heavy atom. The number of hydrogen-bond donors (Lipinski definition) is 1. The highest BCUT2D eigenvalue weighted by atomic mass is 16.5. The highest BCUT2D eigenvalue weighted by molar-refractivity contribution is 5.86. The van der Waals surface area contributed by atoms with Crippen LogP contribution in [0.5, 0.6) is 0 Å². The average molecular weight is 223 g/mol. The summed E-state index contributed by atoms with van der Waals surface area (Å²) in [6.45, 7) is 4.21. The van der Waals surface area contributed by atoms with Crippen LogP contribution >= 0.6 is 0 Å². The molecule has 0 aliphatic rings. The summed E-state index contributed by atoms with van der Waals surface area (Å²) in [5.41, 5.74) is 0.219. The highest BCUT2D eigenvalue weighted by Gasteiger charge is 2.08. The maximum absolute atomic E-state index is 11.1. The summed E-state index contributed by atoms with van der Waals surface area (Å²) in [6, 6.07) is 0.350. The zero-order valence-electron chi connectivity index (χ0n) is 9.86. The van der Waals surface area contributed by atoms with E-state index in [1.165, 1.54) is 13.3 Å². The van der Waals surface area contributed by atoms with Crippen molar-refractivity contribution in [2.75, 3.05) is 12.4 Å². The van der Waals surface area contributed by atoms with Crippen LogP contribution in [0.15, 0.2) is 12.4 Å². The van der Waals surface area contributed by atoms with Crippen molar-refractivity contribution in [1.29, 1.82) is 0 Å². The van der Waals surface area contributed by atoms with E-state index >= 15 is 0 Å². The molecular weight excluding hydrogens is 206 g/mol. The summed E-state index contributed by atoms with van der Waals surface area (Å²) in [6.07, 6.45) is 5.13. The Balaban J connectivity index is 2.61. The topological polar surface area (TPSA) is 64.1 Å². The van der Waals surface area contributed by atoms with E-state index in [2.05, 4.69) is 33.9 Å². The number of carbonyl (C=O) groups excluding carboxylic acids is 1. The molecule has 0 saturated heterocycles. The second kappa shape index (κ2) is 6.05. The number of anilines is 1. The largest absolute Gasteiger partial charge is 0.464 e. The molecule has 1 aromatic rings. The lowest BCUT2D eigenvalue weighted by atomic mass is 10.2. The van der Waals surface area contributed by atoms with Crippen molar-refractivity contribution in [2.24, 2.45) is 0 Å². The third-order valence-corrected chi connectivity index (χ3v) is 2.16. The van der Waals surface area contributed by atoms with Gasteiger partial charge in [-0.3, -0.25) is 0 Å². The number of ether oxygens (including phenoxy) is 1. The quantitative estimate of drug-likeness (QED) is 0.772. The smallest absolute Gasteiger partial charge is 0.358 e. The molecule has 1 unspecified atom stereocenters. The van der Waals surface area contributed by atoms with Crippen molar-refractivity contribution in [3.63, 3.8) is 0 Å². The second-order valence-corrected chi connectivity index (χ2v) is 3.61. The Hall–Kier alpha value is -1.65. The number of methoxy groups -OCH3 is 1. The number of hydrogen-bond acceptors (Lipinski definition) is 5. The van der Waals surface area contributed by atoms with E-state index in [1.54, 1.807) is 6.20 Å². The number of aromatic nitrogens is 2. The van der Waals surface area contributed by atoms with Gasteiger partial charge in [0.1, 0.15) is 5.82 Å². The Kier molecular flexibility index (Phi) is 4.69. The molecule has 1 N–H and O–H groups in total. The molecule has 5 nitrogen and oxygen atoms in total. The van der Waals surface area contributed by atoms with Crippen molar-refractivity contribution in [3.05, 3.63) is 18.1 Å². The second-order valence-electron chi connectivity index (χ2n) is 3.61. The number of nitrogens with one attached hydrogen (secondary N) is 1. The summed E-state index contributed by atoms with van der Waals surface area (Å²) >= 11 is 0. The van der Waals surface area contributed by atoms with Crippen molar-refractivity contribution in [2.45, 2.75) is 32.7 Å². The van der Waals surface area contributed by atoms with Crippen molar-refractivity contribution in [3.8, 4) is 0 Å². The lowest BCUT2D eigenvalue weighted by Gasteiger charge is -2.12. The maximum Gasteiger partial charge on any atom is 0.358 e. The number of nitrogens with zero attached hydrogens (tertiary/aromatic N) is 2. The summed E-state index contributed by atoms with van der Waals surface area (Å²) < 4.78 is 4.53. The molecule has 0 aliphatic heterocycles. The minimum absolute atomic E-state index is 0.219. The monoisotopic (exact) mass is 223 g/mol. The first-order valence-corrected chi connectivity index (χ1v) is 5.34. The predicted octanol–water partition coefficient (Wildman–Crippen LogP) is 1.86. The van der Waals surface area contributed by atoms with Crippen LogP contribution in [0.25, 0.3) is 0 Å². The Bertz CT molecular complexity index is 338. The van der Waals surface area contributed by atoms with Crippen LogP contribution in [0.3, 0.4) is 0 Å². The molecule has 0 radical (unpaired) electrons. The molecular formula is C11H17N3O2. The maximum atomic E-state index is 11.1. The Morgan fingerprint density at radius 3 is 2.75 bits per heavy atom. The Morgan fingerprint density at radius 1 is 1.50 bits per heavy atom. The molecule has 0 fully saturated rings. The molecule has 0 saturated carbocycles. The van der Waals surface area contributed by atoms with E-state index in [1.807, 2.05) is 0 Å². The van der Waals surface area contributed by atoms with E-state index in [0.29, 0.717) is 11.9 Å². The minimum atomic E-state index is -0.472. The van der Waals surface area contributed by atoms with Gasteiger partial charge < -0.3 is 10.1 Å². The van der Waals surface area contributed by atoms with Crippen molar-refractivity contribution in [1.82, 2.24) is 9.97 Å².